The lowest BCUT2D eigenvalue weighted by Crippen LogP contribution is -2.13. The molecule has 0 amide bonds. The Morgan fingerprint density at radius 1 is 1.00 bits per heavy atom. The highest BCUT2D eigenvalue weighted by Gasteiger charge is 2.14. The van der Waals surface area contributed by atoms with Gasteiger partial charge in [0.05, 0.1) is 12.5 Å². The van der Waals surface area contributed by atoms with E-state index in [1.807, 2.05) is 56.3 Å². The molecule has 0 bridgehead atoms. The molecule has 2 heteroatoms. The molecule has 1 atom stereocenters. The highest BCUT2D eigenvalue weighted by molar-refractivity contribution is 5.84. The third kappa shape index (κ3) is 4.06. The first-order valence-electron chi connectivity index (χ1n) is 7.21. The van der Waals surface area contributed by atoms with Gasteiger partial charge in [-0.1, -0.05) is 66.7 Å². The lowest BCUT2D eigenvalue weighted by molar-refractivity contribution is -0.145. The van der Waals surface area contributed by atoms with Crippen LogP contribution in [0.25, 0.3) is 5.57 Å². The van der Waals surface area contributed by atoms with E-state index in [1.165, 1.54) is 0 Å². The molecule has 0 aliphatic rings. The van der Waals surface area contributed by atoms with Crippen LogP contribution in [0.5, 0.6) is 0 Å². The zero-order valence-electron chi connectivity index (χ0n) is 12.5. The van der Waals surface area contributed by atoms with Crippen LogP contribution >= 0.6 is 0 Å². The molecule has 21 heavy (non-hydrogen) atoms. The lowest BCUT2D eigenvalue weighted by atomic mass is 9.94. The summed E-state index contributed by atoms with van der Waals surface area (Å²) in [6.07, 6.45) is 1.97. The summed E-state index contributed by atoms with van der Waals surface area (Å²) in [4.78, 5) is 11.9. The van der Waals surface area contributed by atoms with Gasteiger partial charge in [0.2, 0.25) is 0 Å². The molecule has 108 valence electrons. The van der Waals surface area contributed by atoms with Crippen LogP contribution in [-0.2, 0) is 9.53 Å². The minimum absolute atomic E-state index is 0.193. The molecule has 0 heterocycles. The molecule has 0 radical (unpaired) electrons. The lowest BCUT2D eigenvalue weighted by Gasteiger charge is -2.12. The van der Waals surface area contributed by atoms with Crippen molar-refractivity contribution in [1.82, 2.24) is 0 Å². The van der Waals surface area contributed by atoms with Gasteiger partial charge in [-0.15, -0.1) is 0 Å². The maximum absolute atomic E-state index is 11.9. The van der Waals surface area contributed by atoms with E-state index in [-0.39, 0.29) is 11.9 Å². The number of hydrogen-bond donors (Lipinski definition) is 0. The van der Waals surface area contributed by atoms with Crippen LogP contribution in [0.2, 0.25) is 0 Å². The molecule has 0 aromatic heterocycles. The van der Waals surface area contributed by atoms with E-state index in [1.54, 1.807) is 0 Å². The predicted molar refractivity (Wildman–Crippen MR) is 85.8 cm³/mol. The van der Waals surface area contributed by atoms with Gasteiger partial charge in [-0.05, 0) is 30.5 Å². The minimum Gasteiger partial charge on any atom is -0.466 e. The number of ether oxygens (including phenoxy) is 1. The number of esters is 1. The summed E-state index contributed by atoms with van der Waals surface area (Å²) in [5.74, 6) is -0.470. The van der Waals surface area contributed by atoms with Gasteiger partial charge in [-0.2, -0.15) is 0 Å². The monoisotopic (exact) mass is 280 g/mol. The Morgan fingerprint density at radius 3 is 1.90 bits per heavy atom. The van der Waals surface area contributed by atoms with E-state index in [9.17, 15) is 4.79 Å². The van der Waals surface area contributed by atoms with Crippen molar-refractivity contribution in [1.29, 1.82) is 0 Å². The Kier molecular flexibility index (Phi) is 5.33. The summed E-state index contributed by atoms with van der Waals surface area (Å²) in [7, 11) is 0. The van der Waals surface area contributed by atoms with E-state index in [2.05, 4.69) is 24.3 Å². The highest BCUT2D eigenvalue weighted by atomic mass is 16.5. The Bertz CT molecular complexity index is 558. The first-order chi connectivity index (χ1) is 10.2. The number of carbonyl (C=O) groups excluding carboxylic acids is 1. The van der Waals surface area contributed by atoms with Crippen molar-refractivity contribution in [2.45, 2.75) is 13.8 Å². The van der Waals surface area contributed by atoms with Crippen molar-refractivity contribution < 1.29 is 9.53 Å². The van der Waals surface area contributed by atoms with Crippen LogP contribution in [0, 0.1) is 5.92 Å². The summed E-state index contributed by atoms with van der Waals surface area (Å²) in [6, 6.07) is 20.2. The first kappa shape index (κ1) is 15.0. The SMILES string of the molecule is CCOC(=O)C(C)C=C(c1ccccc1)c1ccccc1. The summed E-state index contributed by atoms with van der Waals surface area (Å²) >= 11 is 0. The molecule has 2 nitrogen and oxygen atoms in total. The van der Waals surface area contributed by atoms with Crippen molar-refractivity contribution in [3.05, 3.63) is 77.9 Å². The van der Waals surface area contributed by atoms with Gasteiger partial charge >= 0.3 is 5.97 Å². The van der Waals surface area contributed by atoms with Crippen molar-refractivity contribution in [2.75, 3.05) is 6.61 Å². The summed E-state index contributed by atoms with van der Waals surface area (Å²) < 4.78 is 5.09. The molecule has 1 unspecified atom stereocenters. The fraction of sp³-hybridized carbons (Fsp3) is 0.211. The smallest absolute Gasteiger partial charge is 0.312 e. The van der Waals surface area contributed by atoms with Crippen molar-refractivity contribution >= 4 is 11.5 Å². The molecular formula is C19H20O2. The molecule has 0 fully saturated rings. The van der Waals surface area contributed by atoms with Gasteiger partial charge in [0.15, 0.2) is 0 Å². The largest absolute Gasteiger partial charge is 0.466 e. The molecule has 0 saturated heterocycles. The van der Waals surface area contributed by atoms with Gasteiger partial charge in [-0.3, -0.25) is 4.79 Å². The Morgan fingerprint density at radius 2 is 1.48 bits per heavy atom. The second-order valence-electron chi connectivity index (χ2n) is 4.85. The fourth-order valence-electron chi connectivity index (χ4n) is 2.19. The second kappa shape index (κ2) is 7.44. The molecule has 0 saturated carbocycles. The minimum atomic E-state index is -0.277. The van der Waals surface area contributed by atoms with Gasteiger partial charge in [0.25, 0.3) is 0 Å². The van der Waals surface area contributed by atoms with Crippen molar-refractivity contribution in [3.63, 3.8) is 0 Å². The van der Waals surface area contributed by atoms with Gasteiger partial charge in [0, 0.05) is 0 Å². The molecule has 2 aromatic rings. The number of hydrogen-bond acceptors (Lipinski definition) is 2. The molecule has 0 spiro atoms. The van der Waals surface area contributed by atoms with Crippen LogP contribution in [0.3, 0.4) is 0 Å². The van der Waals surface area contributed by atoms with Crippen molar-refractivity contribution in [3.8, 4) is 0 Å². The van der Waals surface area contributed by atoms with E-state index in [0.29, 0.717) is 6.61 Å². The third-order valence-corrected chi connectivity index (χ3v) is 3.24. The highest BCUT2D eigenvalue weighted by Crippen LogP contribution is 2.25. The maximum atomic E-state index is 11.9. The summed E-state index contributed by atoms with van der Waals surface area (Å²) in [6.45, 7) is 4.09. The average Bonchev–Trinajstić information content (AvgIpc) is 2.54. The second-order valence-corrected chi connectivity index (χ2v) is 4.85. The maximum Gasteiger partial charge on any atom is 0.312 e. The molecule has 0 N–H and O–H groups in total. The zero-order chi connectivity index (χ0) is 15.1. The Hall–Kier alpha value is -2.35. The quantitative estimate of drug-likeness (QED) is 0.762. The zero-order valence-corrected chi connectivity index (χ0v) is 12.5. The van der Waals surface area contributed by atoms with Crippen LogP contribution in [0.4, 0.5) is 0 Å². The molecule has 0 aliphatic carbocycles. The van der Waals surface area contributed by atoms with Crippen LogP contribution in [0.1, 0.15) is 25.0 Å². The summed E-state index contributed by atoms with van der Waals surface area (Å²) in [5, 5.41) is 0. The van der Waals surface area contributed by atoms with Crippen LogP contribution in [-0.4, -0.2) is 12.6 Å². The molecule has 2 aromatic carbocycles. The van der Waals surface area contributed by atoms with Gasteiger partial charge < -0.3 is 4.74 Å². The normalized spacial score (nSPS) is 11.5. The summed E-state index contributed by atoms with van der Waals surface area (Å²) in [5.41, 5.74) is 3.25. The first-order valence-corrected chi connectivity index (χ1v) is 7.21. The van der Waals surface area contributed by atoms with E-state index >= 15 is 0 Å². The predicted octanol–water partition coefficient (Wildman–Crippen LogP) is 4.32. The topological polar surface area (TPSA) is 26.3 Å². The third-order valence-electron chi connectivity index (χ3n) is 3.24. The van der Waals surface area contributed by atoms with Gasteiger partial charge in [-0.25, -0.2) is 0 Å². The number of rotatable bonds is 5. The number of benzene rings is 2. The van der Waals surface area contributed by atoms with Crippen LogP contribution < -0.4 is 0 Å². The Balaban J connectivity index is 2.40. The van der Waals surface area contributed by atoms with E-state index < -0.39 is 0 Å². The molecule has 0 aliphatic heterocycles. The fourth-order valence-corrected chi connectivity index (χ4v) is 2.19. The Labute approximate surface area is 126 Å². The van der Waals surface area contributed by atoms with Crippen LogP contribution in [0.15, 0.2) is 66.7 Å². The average molecular weight is 280 g/mol. The molecular weight excluding hydrogens is 260 g/mol. The standard InChI is InChI=1S/C19H20O2/c1-3-21-19(20)15(2)14-18(16-10-6-4-7-11-16)17-12-8-5-9-13-17/h4-15H,3H2,1-2H3. The van der Waals surface area contributed by atoms with E-state index in [0.717, 1.165) is 16.7 Å². The number of carbonyl (C=O) groups is 1. The van der Waals surface area contributed by atoms with Gasteiger partial charge in [0.1, 0.15) is 0 Å². The van der Waals surface area contributed by atoms with E-state index in [4.69, 9.17) is 4.74 Å². The molecule has 2 rings (SSSR count). The van der Waals surface area contributed by atoms with Crippen molar-refractivity contribution in [2.24, 2.45) is 5.92 Å².